The van der Waals surface area contributed by atoms with Crippen molar-refractivity contribution < 1.29 is 40.6 Å². The number of halogens is 6. The zero-order valence-electron chi connectivity index (χ0n) is 21.2. The van der Waals surface area contributed by atoms with Crippen molar-refractivity contribution in [3.05, 3.63) is 39.9 Å². The van der Waals surface area contributed by atoms with Crippen LogP contribution in [0, 0.1) is 0 Å². The number of aromatic amines is 1. The molecule has 0 aromatic carbocycles. The third-order valence-corrected chi connectivity index (χ3v) is 7.27. The zero-order valence-corrected chi connectivity index (χ0v) is 21.2. The van der Waals surface area contributed by atoms with Crippen LogP contribution in [-0.4, -0.2) is 76.5 Å². The minimum atomic E-state index is -4.88. The number of rotatable bonds is 6. The summed E-state index contributed by atoms with van der Waals surface area (Å²) in [4.78, 5) is 32.4. The minimum absolute atomic E-state index is 0.0798. The van der Waals surface area contributed by atoms with E-state index in [1.54, 1.807) is 16.9 Å². The van der Waals surface area contributed by atoms with Gasteiger partial charge in [-0.25, -0.2) is 10.1 Å². The highest BCUT2D eigenvalue weighted by molar-refractivity contribution is 5.83. The average molecular weight is 576 g/mol. The van der Waals surface area contributed by atoms with Crippen molar-refractivity contribution >= 4 is 17.4 Å². The summed E-state index contributed by atoms with van der Waals surface area (Å²) in [5.74, 6) is 0.197. The molecular formula is C24H26F6N6O4. The summed E-state index contributed by atoms with van der Waals surface area (Å²) in [6, 6.07) is -0.0191. The van der Waals surface area contributed by atoms with Gasteiger partial charge in [-0.15, -0.1) is 0 Å². The number of nitrogens with zero attached hydrogens (tertiary/aromatic N) is 4. The Morgan fingerprint density at radius 1 is 1.10 bits per heavy atom. The van der Waals surface area contributed by atoms with Crippen LogP contribution in [0.1, 0.15) is 37.3 Å². The summed E-state index contributed by atoms with van der Waals surface area (Å²) in [5.41, 5.74) is -4.13. The molecule has 2 aromatic heterocycles. The molecule has 0 saturated carbocycles. The van der Waals surface area contributed by atoms with E-state index in [2.05, 4.69) is 15.4 Å². The molecule has 3 aliphatic rings. The van der Waals surface area contributed by atoms with E-state index in [0.29, 0.717) is 38.2 Å². The number of likely N-dealkylation sites (tertiary alicyclic amines) is 1. The molecule has 1 unspecified atom stereocenters. The fourth-order valence-corrected chi connectivity index (χ4v) is 5.40. The van der Waals surface area contributed by atoms with Crippen LogP contribution in [0.4, 0.5) is 37.8 Å². The highest BCUT2D eigenvalue weighted by atomic mass is 19.4. The van der Waals surface area contributed by atoms with Gasteiger partial charge in [-0.05, 0) is 25.8 Å². The number of nitrogens with one attached hydrogen (secondary N) is 2. The Hall–Kier alpha value is -3.56. The smallest absolute Gasteiger partial charge is 0.423 e. The number of aromatic nitrogens is 3. The van der Waals surface area contributed by atoms with Crippen molar-refractivity contribution in [1.82, 2.24) is 20.1 Å². The standard InChI is InChI=1S/C24H26F6N6O4/c1-12(33-16-9-32-34-21(37)19(16)24(28,29)30)10-39-17-3-5-36(22(17)38)14-2-4-35-15(7-14)11-40-18-6-13(23(25,26)27)8-31-20(18)35/h6,8-9,12,14-15,17H,2-5,7,10-11H2,1H3,(H2,33,34,37)/t12-,14?,15+,17+/m0/s1. The monoisotopic (exact) mass is 576 g/mol. The number of pyridine rings is 1. The lowest BCUT2D eigenvalue weighted by Gasteiger charge is -2.45. The Morgan fingerprint density at radius 2 is 1.85 bits per heavy atom. The molecule has 1 amide bonds. The van der Waals surface area contributed by atoms with Crippen molar-refractivity contribution in [2.75, 3.05) is 36.5 Å². The first-order chi connectivity index (χ1) is 18.8. The highest BCUT2D eigenvalue weighted by Crippen LogP contribution is 2.40. The minimum Gasteiger partial charge on any atom is -0.488 e. The summed E-state index contributed by atoms with van der Waals surface area (Å²) in [7, 11) is 0. The number of H-pyrrole nitrogens is 1. The van der Waals surface area contributed by atoms with E-state index in [1.165, 1.54) is 0 Å². The largest absolute Gasteiger partial charge is 0.488 e. The number of fused-ring (bicyclic) bond motifs is 3. The molecule has 2 N–H and O–H groups in total. The van der Waals surface area contributed by atoms with Crippen LogP contribution in [-0.2, 0) is 21.9 Å². The molecule has 16 heteroatoms. The quantitative estimate of drug-likeness (QED) is 0.505. The van der Waals surface area contributed by atoms with Gasteiger partial charge >= 0.3 is 12.4 Å². The lowest BCUT2D eigenvalue weighted by molar-refractivity contribution is -0.140. The first-order valence-corrected chi connectivity index (χ1v) is 12.6. The predicted molar refractivity (Wildman–Crippen MR) is 128 cm³/mol. The molecule has 0 spiro atoms. The Morgan fingerprint density at radius 3 is 2.58 bits per heavy atom. The van der Waals surface area contributed by atoms with Gasteiger partial charge in [-0.3, -0.25) is 9.59 Å². The van der Waals surface area contributed by atoms with Crippen LogP contribution in [0.2, 0.25) is 0 Å². The normalized spacial score (nSPS) is 23.9. The molecule has 2 saturated heterocycles. The second kappa shape index (κ2) is 10.4. The van der Waals surface area contributed by atoms with Crippen LogP contribution < -0.4 is 20.5 Å². The van der Waals surface area contributed by atoms with E-state index in [9.17, 15) is 35.9 Å². The maximum Gasteiger partial charge on any atom is 0.423 e. The molecule has 2 fully saturated rings. The number of amides is 1. The van der Waals surface area contributed by atoms with E-state index in [1.807, 2.05) is 4.90 Å². The number of ether oxygens (including phenoxy) is 2. The summed E-state index contributed by atoms with van der Waals surface area (Å²) in [5, 5.41) is 7.76. The number of carbonyl (C=O) groups is 1. The molecule has 10 nitrogen and oxygen atoms in total. The van der Waals surface area contributed by atoms with E-state index in [0.717, 1.165) is 18.5 Å². The van der Waals surface area contributed by atoms with Crippen molar-refractivity contribution in [2.24, 2.45) is 0 Å². The lowest BCUT2D eigenvalue weighted by Crippen LogP contribution is -2.54. The summed E-state index contributed by atoms with van der Waals surface area (Å²) >= 11 is 0. The Bertz CT molecular complexity index is 1320. The molecule has 3 aliphatic heterocycles. The van der Waals surface area contributed by atoms with Gasteiger partial charge in [0, 0.05) is 37.8 Å². The van der Waals surface area contributed by atoms with Crippen molar-refractivity contribution in [3.8, 4) is 5.75 Å². The number of anilines is 2. The fraction of sp³-hybridized carbons (Fsp3) is 0.583. The average Bonchev–Trinajstić information content (AvgIpc) is 3.25. The maximum atomic E-state index is 13.3. The highest BCUT2D eigenvalue weighted by Gasteiger charge is 2.43. The topological polar surface area (TPSA) is 113 Å². The summed E-state index contributed by atoms with van der Waals surface area (Å²) in [6.07, 6.45) is -7.02. The van der Waals surface area contributed by atoms with Gasteiger partial charge in [-0.1, -0.05) is 0 Å². The van der Waals surface area contributed by atoms with Gasteiger partial charge in [-0.2, -0.15) is 31.4 Å². The Labute approximate surface area is 223 Å². The molecule has 218 valence electrons. The third-order valence-electron chi connectivity index (χ3n) is 7.27. The van der Waals surface area contributed by atoms with Crippen molar-refractivity contribution in [1.29, 1.82) is 0 Å². The second-order valence-electron chi connectivity index (χ2n) is 10.1. The molecule has 0 radical (unpaired) electrons. The maximum absolute atomic E-state index is 13.3. The number of hydrogen-bond acceptors (Lipinski definition) is 8. The second-order valence-corrected chi connectivity index (χ2v) is 10.1. The molecule has 5 heterocycles. The zero-order chi connectivity index (χ0) is 28.8. The number of hydrogen-bond donors (Lipinski definition) is 2. The third kappa shape index (κ3) is 5.53. The van der Waals surface area contributed by atoms with Crippen molar-refractivity contribution in [2.45, 2.75) is 62.8 Å². The molecular weight excluding hydrogens is 550 g/mol. The fourth-order valence-electron chi connectivity index (χ4n) is 5.40. The summed E-state index contributed by atoms with van der Waals surface area (Å²) < 4.78 is 90.3. The van der Waals surface area contributed by atoms with E-state index in [-0.39, 0.29) is 37.0 Å². The Balaban J connectivity index is 1.16. The van der Waals surface area contributed by atoms with Crippen LogP contribution in [0.5, 0.6) is 5.75 Å². The number of carbonyl (C=O) groups excluding carboxylic acids is 1. The van der Waals surface area contributed by atoms with Gasteiger partial charge in [0.25, 0.3) is 11.5 Å². The van der Waals surface area contributed by atoms with Gasteiger partial charge < -0.3 is 24.6 Å². The Kier molecular flexibility index (Phi) is 7.31. The van der Waals surface area contributed by atoms with Crippen LogP contribution >= 0.6 is 0 Å². The molecule has 5 rings (SSSR count). The molecule has 2 aromatic rings. The lowest BCUT2D eigenvalue weighted by atomic mass is 9.95. The van der Waals surface area contributed by atoms with Gasteiger partial charge in [0.2, 0.25) is 0 Å². The van der Waals surface area contributed by atoms with Crippen molar-refractivity contribution in [3.63, 3.8) is 0 Å². The molecule has 0 aliphatic carbocycles. The van der Waals surface area contributed by atoms with E-state index < -0.39 is 46.9 Å². The summed E-state index contributed by atoms with van der Waals surface area (Å²) in [6.45, 7) is 2.54. The van der Waals surface area contributed by atoms with Crippen LogP contribution in [0.25, 0.3) is 0 Å². The molecule has 0 bridgehead atoms. The molecule has 4 atom stereocenters. The van der Waals surface area contributed by atoms with Crippen LogP contribution in [0.15, 0.2) is 23.3 Å². The SMILES string of the molecule is C[C@@H](CO[C@@H]1CCN(C2CCN3c4ncc(C(F)(F)F)cc4OC[C@H]3C2)C1=O)Nc1cn[nH]c(=O)c1C(F)(F)F. The molecule has 40 heavy (non-hydrogen) atoms. The van der Waals surface area contributed by atoms with Crippen LogP contribution in [0.3, 0.4) is 0 Å². The predicted octanol–water partition coefficient (Wildman–Crippen LogP) is 3.05. The van der Waals surface area contributed by atoms with E-state index >= 15 is 0 Å². The van der Waals surface area contributed by atoms with E-state index in [4.69, 9.17) is 9.47 Å². The number of alkyl halides is 6. The number of piperidine rings is 1. The van der Waals surface area contributed by atoms with Gasteiger partial charge in [0.1, 0.15) is 18.3 Å². The first kappa shape index (κ1) is 28.0. The van der Waals surface area contributed by atoms with Gasteiger partial charge in [0.05, 0.1) is 30.1 Å². The van der Waals surface area contributed by atoms with Gasteiger partial charge in [0.15, 0.2) is 11.6 Å². The first-order valence-electron chi connectivity index (χ1n) is 12.6.